The number of non-ortho nitro benzene ring substituents is 1. The predicted molar refractivity (Wildman–Crippen MR) is 109 cm³/mol. The molecule has 138 valence electrons. The molecule has 0 aliphatic heterocycles. The third-order valence-corrected chi connectivity index (χ3v) is 5.32. The quantitative estimate of drug-likeness (QED) is 0.369. The summed E-state index contributed by atoms with van der Waals surface area (Å²) in [5.41, 5.74) is 2.11. The van der Waals surface area contributed by atoms with Crippen molar-refractivity contribution in [3.8, 4) is 10.6 Å². The third kappa shape index (κ3) is 3.55. The Hall–Kier alpha value is -3.36. The van der Waals surface area contributed by atoms with Gasteiger partial charge in [0.05, 0.1) is 15.5 Å². The molecular weight excluding hydrogens is 400 g/mol. The molecule has 28 heavy (non-hydrogen) atoms. The van der Waals surface area contributed by atoms with E-state index in [-0.39, 0.29) is 16.3 Å². The first-order valence-corrected chi connectivity index (χ1v) is 9.28. The number of benzene rings is 2. The molecule has 0 atom stereocenters. The SMILES string of the molecule is O=C(Nc1ccc(-c2nc3cccnc3s2)cc1)c1cc([N+](=O)[O-])ccc1Cl. The Kier molecular flexibility index (Phi) is 4.72. The molecule has 4 rings (SSSR count). The Labute approximate surface area is 167 Å². The average molecular weight is 411 g/mol. The van der Waals surface area contributed by atoms with Crippen LogP contribution >= 0.6 is 22.9 Å². The predicted octanol–water partition coefficient (Wildman–Crippen LogP) is 5.17. The number of pyridine rings is 1. The van der Waals surface area contributed by atoms with Gasteiger partial charge in [0.25, 0.3) is 11.6 Å². The Bertz CT molecular complexity index is 1170. The van der Waals surface area contributed by atoms with Crippen molar-refractivity contribution in [3.05, 3.63) is 81.5 Å². The number of rotatable bonds is 4. The number of fused-ring (bicyclic) bond motifs is 1. The highest BCUT2D eigenvalue weighted by molar-refractivity contribution is 7.21. The monoisotopic (exact) mass is 410 g/mol. The van der Waals surface area contributed by atoms with Gasteiger partial charge in [0.2, 0.25) is 0 Å². The van der Waals surface area contributed by atoms with Crippen molar-refractivity contribution in [3.63, 3.8) is 0 Å². The summed E-state index contributed by atoms with van der Waals surface area (Å²) < 4.78 is 0. The summed E-state index contributed by atoms with van der Waals surface area (Å²) in [6.07, 6.45) is 1.72. The molecule has 0 bridgehead atoms. The van der Waals surface area contributed by atoms with Crippen LogP contribution in [-0.4, -0.2) is 20.8 Å². The van der Waals surface area contributed by atoms with Crippen molar-refractivity contribution >= 4 is 50.6 Å². The zero-order valence-corrected chi connectivity index (χ0v) is 15.7. The summed E-state index contributed by atoms with van der Waals surface area (Å²) in [4.78, 5) is 32.5. The Balaban J connectivity index is 1.55. The number of carbonyl (C=O) groups excluding carboxylic acids is 1. The van der Waals surface area contributed by atoms with Gasteiger partial charge in [-0.15, -0.1) is 0 Å². The minimum Gasteiger partial charge on any atom is -0.322 e. The van der Waals surface area contributed by atoms with E-state index in [1.54, 1.807) is 18.3 Å². The molecule has 9 heteroatoms. The third-order valence-electron chi connectivity index (χ3n) is 3.96. The van der Waals surface area contributed by atoms with Crippen LogP contribution in [-0.2, 0) is 0 Å². The van der Waals surface area contributed by atoms with Crippen LogP contribution in [0.25, 0.3) is 20.9 Å². The van der Waals surface area contributed by atoms with E-state index in [9.17, 15) is 14.9 Å². The fourth-order valence-corrected chi connectivity index (χ4v) is 3.70. The second kappa shape index (κ2) is 7.34. The van der Waals surface area contributed by atoms with Crippen LogP contribution < -0.4 is 5.32 Å². The van der Waals surface area contributed by atoms with E-state index < -0.39 is 10.8 Å². The minimum atomic E-state index is -0.575. The van der Waals surface area contributed by atoms with E-state index in [4.69, 9.17) is 11.6 Å². The number of hydrogen-bond donors (Lipinski definition) is 1. The number of carbonyl (C=O) groups is 1. The van der Waals surface area contributed by atoms with Crippen molar-refractivity contribution in [1.29, 1.82) is 0 Å². The summed E-state index contributed by atoms with van der Waals surface area (Å²) >= 11 is 7.49. The van der Waals surface area contributed by atoms with Crippen molar-refractivity contribution < 1.29 is 9.72 Å². The van der Waals surface area contributed by atoms with Gasteiger partial charge in [-0.2, -0.15) is 0 Å². The molecular formula is C19H11ClN4O3S. The fourth-order valence-electron chi connectivity index (χ4n) is 2.59. The van der Waals surface area contributed by atoms with Crippen molar-refractivity contribution in [2.75, 3.05) is 5.32 Å². The van der Waals surface area contributed by atoms with Crippen LogP contribution in [0.3, 0.4) is 0 Å². The number of nitrogens with zero attached hydrogens (tertiary/aromatic N) is 3. The fraction of sp³-hybridized carbons (Fsp3) is 0. The maximum Gasteiger partial charge on any atom is 0.270 e. The summed E-state index contributed by atoms with van der Waals surface area (Å²) in [7, 11) is 0. The molecule has 2 aromatic heterocycles. The van der Waals surface area contributed by atoms with Gasteiger partial charge >= 0.3 is 0 Å². The standard InChI is InChI=1S/C19H11ClN4O3S/c20-15-8-7-13(24(26)27)10-14(15)17(25)22-12-5-3-11(4-6-12)18-23-16-2-1-9-21-19(16)28-18/h1-10H,(H,22,25). The molecule has 0 aliphatic rings. The molecule has 0 unspecified atom stereocenters. The first-order chi connectivity index (χ1) is 13.5. The lowest BCUT2D eigenvalue weighted by Gasteiger charge is -2.07. The van der Waals surface area contributed by atoms with Crippen molar-refractivity contribution in [2.24, 2.45) is 0 Å². The molecule has 1 N–H and O–H groups in total. The molecule has 0 radical (unpaired) electrons. The van der Waals surface area contributed by atoms with E-state index in [0.29, 0.717) is 5.69 Å². The number of anilines is 1. The Morgan fingerprint density at radius 3 is 2.64 bits per heavy atom. The van der Waals surface area contributed by atoms with Crippen LogP contribution in [0, 0.1) is 10.1 Å². The van der Waals surface area contributed by atoms with Crippen LogP contribution in [0.1, 0.15) is 10.4 Å². The van der Waals surface area contributed by atoms with Crippen LogP contribution in [0.4, 0.5) is 11.4 Å². The summed E-state index contributed by atoms with van der Waals surface area (Å²) in [5, 5.41) is 14.6. The lowest BCUT2D eigenvalue weighted by Crippen LogP contribution is -2.12. The Morgan fingerprint density at radius 1 is 1.14 bits per heavy atom. The molecule has 2 aromatic carbocycles. The maximum absolute atomic E-state index is 12.4. The topological polar surface area (TPSA) is 98.0 Å². The molecule has 2 heterocycles. The number of thiazole rings is 1. The van der Waals surface area contributed by atoms with E-state index in [0.717, 1.165) is 27.0 Å². The first-order valence-electron chi connectivity index (χ1n) is 8.08. The van der Waals surface area contributed by atoms with Gasteiger partial charge in [0, 0.05) is 29.6 Å². The Morgan fingerprint density at radius 2 is 1.93 bits per heavy atom. The van der Waals surface area contributed by atoms with E-state index in [1.807, 2.05) is 24.3 Å². The van der Waals surface area contributed by atoms with Gasteiger partial charge < -0.3 is 5.32 Å². The van der Waals surface area contributed by atoms with Gasteiger partial charge in [-0.3, -0.25) is 14.9 Å². The number of nitrogens with one attached hydrogen (secondary N) is 1. The largest absolute Gasteiger partial charge is 0.322 e. The van der Waals surface area contributed by atoms with Crippen molar-refractivity contribution in [2.45, 2.75) is 0 Å². The van der Waals surface area contributed by atoms with E-state index in [2.05, 4.69) is 15.3 Å². The van der Waals surface area contributed by atoms with Gasteiger partial charge in [0.15, 0.2) is 0 Å². The van der Waals surface area contributed by atoms with Gasteiger partial charge in [-0.1, -0.05) is 22.9 Å². The van der Waals surface area contributed by atoms with E-state index in [1.165, 1.54) is 23.5 Å². The van der Waals surface area contributed by atoms with Gasteiger partial charge in [0.1, 0.15) is 15.4 Å². The highest BCUT2D eigenvalue weighted by atomic mass is 35.5. The van der Waals surface area contributed by atoms with Crippen LogP contribution in [0.2, 0.25) is 5.02 Å². The number of amides is 1. The molecule has 0 fully saturated rings. The lowest BCUT2D eigenvalue weighted by molar-refractivity contribution is -0.384. The minimum absolute atomic E-state index is 0.0391. The second-order valence-corrected chi connectivity index (χ2v) is 7.18. The number of aromatic nitrogens is 2. The van der Waals surface area contributed by atoms with Gasteiger partial charge in [-0.25, -0.2) is 9.97 Å². The first kappa shape index (κ1) is 18.0. The van der Waals surface area contributed by atoms with Crippen molar-refractivity contribution in [1.82, 2.24) is 9.97 Å². The van der Waals surface area contributed by atoms with Crippen LogP contribution in [0.15, 0.2) is 60.8 Å². The zero-order valence-electron chi connectivity index (χ0n) is 14.1. The molecule has 4 aromatic rings. The van der Waals surface area contributed by atoms with E-state index >= 15 is 0 Å². The molecule has 0 aliphatic carbocycles. The number of nitro benzene ring substituents is 1. The maximum atomic E-state index is 12.4. The number of nitro groups is 1. The average Bonchev–Trinajstić information content (AvgIpc) is 3.13. The zero-order chi connectivity index (χ0) is 19.7. The summed E-state index contributed by atoms with van der Waals surface area (Å²) in [6.45, 7) is 0. The summed E-state index contributed by atoms with van der Waals surface area (Å²) in [6, 6.07) is 14.6. The molecule has 1 amide bonds. The smallest absolute Gasteiger partial charge is 0.270 e. The van der Waals surface area contributed by atoms with Crippen LogP contribution in [0.5, 0.6) is 0 Å². The lowest BCUT2D eigenvalue weighted by atomic mass is 10.1. The highest BCUT2D eigenvalue weighted by Gasteiger charge is 2.16. The number of hydrogen-bond acceptors (Lipinski definition) is 6. The molecule has 0 saturated carbocycles. The van der Waals surface area contributed by atoms with Gasteiger partial charge in [-0.05, 0) is 42.5 Å². The highest BCUT2D eigenvalue weighted by Crippen LogP contribution is 2.30. The summed E-state index contributed by atoms with van der Waals surface area (Å²) in [5.74, 6) is -0.523. The molecule has 0 spiro atoms. The number of halogens is 1. The normalized spacial score (nSPS) is 10.8. The molecule has 7 nitrogen and oxygen atoms in total. The second-order valence-electron chi connectivity index (χ2n) is 5.80. The molecule has 0 saturated heterocycles.